The van der Waals surface area contributed by atoms with Crippen LogP contribution in [0.4, 0.5) is 17.2 Å². The van der Waals surface area contributed by atoms with Crippen LogP contribution in [0.2, 0.25) is 0 Å². The molecular weight excluding hydrogens is 262 g/mol. The van der Waals surface area contributed by atoms with Crippen molar-refractivity contribution in [2.45, 2.75) is 13.5 Å². The molecule has 0 saturated heterocycles. The van der Waals surface area contributed by atoms with Crippen LogP contribution in [0.15, 0.2) is 24.7 Å². The average Bonchev–Trinajstić information content (AvgIpc) is 2.83. The van der Waals surface area contributed by atoms with Crippen LogP contribution in [0, 0.1) is 17.0 Å². The molecule has 0 fully saturated rings. The Hall–Kier alpha value is -2.48. The number of hydrogen-bond donors (Lipinski definition) is 1. The molecule has 0 atom stereocenters. The highest BCUT2D eigenvalue weighted by Gasteiger charge is 2.18. The standard InChI is InChI=1S/C12H15N5O3/c1-9-3-4-13-12(11(9)17(18)19)15-10-7-14-16(8-10)5-6-20-2/h3-4,7-8H,5-6H2,1-2H3,(H,13,15). The number of nitrogens with one attached hydrogen (secondary N) is 1. The number of anilines is 2. The van der Waals surface area contributed by atoms with Gasteiger partial charge in [0, 0.05) is 25.1 Å². The zero-order valence-corrected chi connectivity index (χ0v) is 11.2. The molecule has 0 unspecified atom stereocenters. The molecule has 2 heterocycles. The highest BCUT2D eigenvalue weighted by molar-refractivity contribution is 5.66. The van der Waals surface area contributed by atoms with Crippen molar-refractivity contribution in [3.63, 3.8) is 0 Å². The summed E-state index contributed by atoms with van der Waals surface area (Å²) >= 11 is 0. The first-order valence-corrected chi connectivity index (χ1v) is 6.00. The summed E-state index contributed by atoms with van der Waals surface area (Å²) < 4.78 is 6.64. The smallest absolute Gasteiger partial charge is 0.314 e. The van der Waals surface area contributed by atoms with Gasteiger partial charge in [-0.25, -0.2) is 4.98 Å². The Morgan fingerprint density at radius 3 is 3.05 bits per heavy atom. The summed E-state index contributed by atoms with van der Waals surface area (Å²) in [6, 6.07) is 1.60. The molecular formula is C12H15N5O3. The maximum atomic E-state index is 11.1. The monoisotopic (exact) mass is 277 g/mol. The molecule has 2 rings (SSSR count). The van der Waals surface area contributed by atoms with Crippen LogP contribution < -0.4 is 5.32 Å². The van der Waals surface area contributed by atoms with Crippen molar-refractivity contribution in [3.8, 4) is 0 Å². The summed E-state index contributed by atoms with van der Waals surface area (Å²) in [4.78, 5) is 14.6. The van der Waals surface area contributed by atoms with Crippen molar-refractivity contribution in [2.24, 2.45) is 0 Å². The minimum atomic E-state index is -0.444. The van der Waals surface area contributed by atoms with Gasteiger partial charge in [-0.1, -0.05) is 0 Å². The molecule has 0 amide bonds. The third-order valence-corrected chi connectivity index (χ3v) is 2.73. The molecule has 8 nitrogen and oxygen atoms in total. The fraction of sp³-hybridized carbons (Fsp3) is 0.333. The molecule has 106 valence electrons. The topological polar surface area (TPSA) is 95.1 Å². The van der Waals surface area contributed by atoms with Crippen molar-refractivity contribution in [3.05, 3.63) is 40.3 Å². The second-order valence-electron chi connectivity index (χ2n) is 4.19. The molecule has 1 N–H and O–H groups in total. The summed E-state index contributed by atoms with van der Waals surface area (Å²) in [6.45, 7) is 2.83. The largest absolute Gasteiger partial charge is 0.383 e. The number of aromatic nitrogens is 3. The van der Waals surface area contributed by atoms with Crippen LogP contribution in [0.1, 0.15) is 5.56 Å². The predicted molar refractivity (Wildman–Crippen MR) is 73.0 cm³/mol. The van der Waals surface area contributed by atoms with E-state index in [9.17, 15) is 10.1 Å². The number of nitro groups is 1. The Morgan fingerprint density at radius 1 is 1.55 bits per heavy atom. The van der Waals surface area contributed by atoms with Gasteiger partial charge in [-0.2, -0.15) is 5.10 Å². The number of aryl methyl sites for hydroxylation is 1. The number of hydrogen-bond acceptors (Lipinski definition) is 6. The molecule has 2 aromatic rings. The summed E-state index contributed by atoms with van der Waals surface area (Å²) in [5, 5.41) is 18.1. The van der Waals surface area contributed by atoms with E-state index in [-0.39, 0.29) is 11.5 Å². The van der Waals surface area contributed by atoms with Gasteiger partial charge in [0.15, 0.2) is 0 Å². The first-order valence-electron chi connectivity index (χ1n) is 6.00. The van der Waals surface area contributed by atoms with Gasteiger partial charge in [0.25, 0.3) is 0 Å². The molecule has 8 heteroatoms. The molecule has 0 aromatic carbocycles. The third-order valence-electron chi connectivity index (χ3n) is 2.73. The summed E-state index contributed by atoms with van der Waals surface area (Å²) in [6.07, 6.45) is 4.86. The average molecular weight is 277 g/mol. The first kappa shape index (κ1) is 13.9. The predicted octanol–water partition coefficient (Wildman–Crippen LogP) is 1.88. The molecule has 0 saturated carbocycles. The van der Waals surface area contributed by atoms with Crippen LogP contribution in [-0.2, 0) is 11.3 Å². The van der Waals surface area contributed by atoms with E-state index < -0.39 is 4.92 Å². The van der Waals surface area contributed by atoms with Gasteiger partial charge in [-0.05, 0) is 13.0 Å². The molecule has 20 heavy (non-hydrogen) atoms. The van der Waals surface area contributed by atoms with E-state index >= 15 is 0 Å². The molecule has 0 radical (unpaired) electrons. The Bertz CT molecular complexity index is 611. The number of nitrogens with zero attached hydrogens (tertiary/aromatic N) is 4. The zero-order valence-electron chi connectivity index (χ0n) is 11.2. The van der Waals surface area contributed by atoms with Crippen LogP contribution in [0.3, 0.4) is 0 Å². The maximum Gasteiger partial charge on any atom is 0.314 e. The molecule has 0 aliphatic carbocycles. The van der Waals surface area contributed by atoms with Crippen molar-refractivity contribution < 1.29 is 9.66 Å². The van der Waals surface area contributed by atoms with Gasteiger partial charge in [0.05, 0.1) is 30.0 Å². The van der Waals surface area contributed by atoms with Crippen LogP contribution in [-0.4, -0.2) is 33.4 Å². The van der Waals surface area contributed by atoms with E-state index in [1.165, 1.54) is 6.20 Å². The maximum absolute atomic E-state index is 11.1. The third kappa shape index (κ3) is 3.09. The highest BCUT2D eigenvalue weighted by atomic mass is 16.6. The lowest BCUT2D eigenvalue weighted by Gasteiger charge is -2.05. The number of ether oxygens (including phenoxy) is 1. The summed E-state index contributed by atoms with van der Waals surface area (Å²) in [7, 11) is 1.61. The fourth-order valence-corrected chi connectivity index (χ4v) is 1.74. The van der Waals surface area contributed by atoms with Gasteiger partial charge >= 0.3 is 5.69 Å². The van der Waals surface area contributed by atoms with Crippen molar-refractivity contribution in [2.75, 3.05) is 19.0 Å². The van der Waals surface area contributed by atoms with E-state index in [2.05, 4.69) is 15.4 Å². The molecule has 2 aromatic heterocycles. The lowest BCUT2D eigenvalue weighted by Crippen LogP contribution is -2.04. The van der Waals surface area contributed by atoms with Crippen LogP contribution in [0.5, 0.6) is 0 Å². The summed E-state index contributed by atoms with van der Waals surface area (Å²) in [5.41, 5.74) is 1.17. The number of pyridine rings is 1. The van der Waals surface area contributed by atoms with E-state index in [1.54, 1.807) is 37.2 Å². The molecule has 0 bridgehead atoms. The Kier molecular flexibility index (Phi) is 4.26. The second kappa shape index (κ2) is 6.11. The fourth-order valence-electron chi connectivity index (χ4n) is 1.74. The Morgan fingerprint density at radius 2 is 2.35 bits per heavy atom. The Balaban J connectivity index is 2.20. The van der Waals surface area contributed by atoms with Crippen molar-refractivity contribution in [1.82, 2.24) is 14.8 Å². The van der Waals surface area contributed by atoms with Crippen molar-refractivity contribution >= 4 is 17.2 Å². The minimum absolute atomic E-state index is 0.0304. The summed E-state index contributed by atoms with van der Waals surface area (Å²) in [5.74, 6) is 0.210. The van der Waals surface area contributed by atoms with E-state index in [1.807, 2.05) is 0 Å². The van der Waals surface area contributed by atoms with Gasteiger partial charge in [0.2, 0.25) is 5.82 Å². The lowest BCUT2D eigenvalue weighted by molar-refractivity contribution is -0.384. The SMILES string of the molecule is COCCn1cc(Nc2nccc(C)c2[N+](=O)[O-])cn1. The zero-order chi connectivity index (χ0) is 14.5. The van der Waals surface area contributed by atoms with Crippen LogP contribution in [0.25, 0.3) is 0 Å². The van der Waals surface area contributed by atoms with Gasteiger partial charge in [0.1, 0.15) is 0 Å². The van der Waals surface area contributed by atoms with E-state index in [4.69, 9.17) is 4.74 Å². The highest BCUT2D eigenvalue weighted by Crippen LogP contribution is 2.27. The second-order valence-corrected chi connectivity index (χ2v) is 4.19. The minimum Gasteiger partial charge on any atom is -0.383 e. The van der Waals surface area contributed by atoms with Gasteiger partial charge in [-0.3, -0.25) is 14.8 Å². The normalized spacial score (nSPS) is 10.5. The lowest BCUT2D eigenvalue weighted by atomic mass is 10.2. The quantitative estimate of drug-likeness (QED) is 0.640. The Labute approximate surface area is 115 Å². The van der Waals surface area contributed by atoms with Crippen molar-refractivity contribution in [1.29, 1.82) is 0 Å². The van der Waals surface area contributed by atoms with Crippen LogP contribution >= 0.6 is 0 Å². The number of methoxy groups -OCH3 is 1. The first-order chi connectivity index (χ1) is 9.61. The van der Waals surface area contributed by atoms with E-state index in [0.29, 0.717) is 24.4 Å². The molecule has 0 aliphatic heterocycles. The molecule has 0 spiro atoms. The number of rotatable bonds is 6. The van der Waals surface area contributed by atoms with Gasteiger partial charge < -0.3 is 10.1 Å². The van der Waals surface area contributed by atoms with Gasteiger partial charge in [-0.15, -0.1) is 0 Å². The van der Waals surface area contributed by atoms with E-state index in [0.717, 1.165) is 0 Å². The molecule has 0 aliphatic rings.